The third kappa shape index (κ3) is 4.10. The molecular weight excluding hydrogens is 394 g/mol. The van der Waals surface area contributed by atoms with Crippen LogP contribution < -0.4 is 10.0 Å². The van der Waals surface area contributed by atoms with Crippen LogP contribution in [0.4, 0.5) is 5.69 Å². The monoisotopic (exact) mass is 407 g/mol. The van der Waals surface area contributed by atoms with Gasteiger partial charge in [0.15, 0.2) is 0 Å². The molecule has 0 bridgehead atoms. The average Bonchev–Trinajstić information content (AvgIpc) is 3.13. The van der Waals surface area contributed by atoms with Crippen molar-refractivity contribution < 1.29 is 13.2 Å². The van der Waals surface area contributed by atoms with E-state index in [-0.39, 0.29) is 10.6 Å². The number of hydrogen-bond donors (Lipinski definition) is 2. The van der Waals surface area contributed by atoms with E-state index < -0.39 is 15.9 Å². The van der Waals surface area contributed by atoms with Gasteiger partial charge in [-0.15, -0.1) is 11.3 Å². The van der Waals surface area contributed by atoms with Gasteiger partial charge in [0, 0.05) is 21.7 Å². The molecule has 6 nitrogen and oxygen atoms in total. The van der Waals surface area contributed by atoms with Crippen LogP contribution in [0.5, 0.6) is 0 Å². The number of aromatic nitrogens is 1. The molecule has 0 atom stereocenters. The molecule has 0 aliphatic rings. The van der Waals surface area contributed by atoms with E-state index in [1.54, 1.807) is 29.6 Å². The molecule has 1 aromatic heterocycles. The summed E-state index contributed by atoms with van der Waals surface area (Å²) in [5.41, 5.74) is 1.48. The summed E-state index contributed by atoms with van der Waals surface area (Å²) in [7, 11) is -2.25. The Kier molecular flexibility index (Phi) is 5.38. The fourth-order valence-corrected chi connectivity index (χ4v) is 3.86. The van der Waals surface area contributed by atoms with Gasteiger partial charge < -0.3 is 5.32 Å². The SMILES string of the molecule is CNS(=O)(=O)c1cccc(NC(=O)c2csc(-c3ccc(Cl)cc3)n2)c1. The second-order valence-electron chi connectivity index (χ2n) is 5.23. The number of hydrogen-bond acceptors (Lipinski definition) is 5. The molecular formula is C17H14ClN3O3S2. The van der Waals surface area contributed by atoms with Gasteiger partial charge in [-0.05, 0) is 37.4 Å². The molecule has 0 saturated carbocycles. The lowest BCUT2D eigenvalue weighted by Crippen LogP contribution is -2.19. The summed E-state index contributed by atoms with van der Waals surface area (Å²) < 4.78 is 25.9. The summed E-state index contributed by atoms with van der Waals surface area (Å²) in [5.74, 6) is -0.416. The van der Waals surface area contributed by atoms with Gasteiger partial charge in [0.25, 0.3) is 5.91 Å². The molecule has 0 spiro atoms. The van der Waals surface area contributed by atoms with Crippen LogP contribution in [0.25, 0.3) is 10.6 Å². The number of carbonyl (C=O) groups is 1. The topological polar surface area (TPSA) is 88.2 Å². The quantitative estimate of drug-likeness (QED) is 0.676. The first kappa shape index (κ1) is 18.5. The van der Waals surface area contributed by atoms with E-state index >= 15 is 0 Å². The number of carbonyl (C=O) groups excluding carboxylic acids is 1. The molecule has 0 radical (unpaired) electrons. The summed E-state index contributed by atoms with van der Waals surface area (Å²) in [4.78, 5) is 16.8. The Morgan fingerprint density at radius 3 is 2.58 bits per heavy atom. The minimum atomic E-state index is -3.58. The predicted octanol–water partition coefficient (Wildman–Crippen LogP) is 3.62. The lowest BCUT2D eigenvalue weighted by molar-refractivity contribution is 0.102. The number of rotatable bonds is 5. The number of nitrogens with zero attached hydrogens (tertiary/aromatic N) is 1. The molecule has 0 saturated heterocycles. The summed E-state index contributed by atoms with van der Waals surface area (Å²) in [6.07, 6.45) is 0. The van der Waals surface area contributed by atoms with Crippen molar-refractivity contribution >= 4 is 44.6 Å². The highest BCUT2D eigenvalue weighted by Gasteiger charge is 2.15. The van der Waals surface area contributed by atoms with Gasteiger partial charge in [0.2, 0.25) is 10.0 Å². The second-order valence-corrected chi connectivity index (χ2v) is 8.42. The summed E-state index contributed by atoms with van der Waals surface area (Å²) in [6, 6.07) is 13.2. The average molecular weight is 408 g/mol. The molecule has 0 fully saturated rings. The molecule has 1 heterocycles. The molecule has 9 heteroatoms. The number of sulfonamides is 1. The van der Waals surface area contributed by atoms with E-state index in [4.69, 9.17) is 11.6 Å². The first-order valence-electron chi connectivity index (χ1n) is 7.45. The fourth-order valence-electron chi connectivity index (χ4n) is 2.16. The zero-order valence-electron chi connectivity index (χ0n) is 13.6. The molecule has 0 aliphatic carbocycles. The van der Waals surface area contributed by atoms with Gasteiger partial charge in [0.05, 0.1) is 4.90 Å². The Morgan fingerprint density at radius 1 is 1.15 bits per heavy atom. The highest BCUT2D eigenvalue weighted by molar-refractivity contribution is 7.89. The summed E-state index contributed by atoms with van der Waals surface area (Å²) in [6.45, 7) is 0. The fraction of sp³-hybridized carbons (Fsp3) is 0.0588. The van der Waals surface area contributed by atoms with Crippen LogP contribution in [0.1, 0.15) is 10.5 Å². The molecule has 1 amide bonds. The van der Waals surface area contributed by atoms with E-state index in [0.29, 0.717) is 15.7 Å². The highest BCUT2D eigenvalue weighted by atomic mass is 35.5. The Balaban J connectivity index is 1.79. The normalized spacial score (nSPS) is 11.3. The van der Waals surface area contributed by atoms with Gasteiger partial charge in [-0.2, -0.15) is 0 Å². The summed E-state index contributed by atoms with van der Waals surface area (Å²) >= 11 is 7.21. The van der Waals surface area contributed by atoms with Crippen LogP contribution in [0.2, 0.25) is 5.02 Å². The first-order valence-corrected chi connectivity index (χ1v) is 10.2. The maximum Gasteiger partial charge on any atom is 0.275 e. The van der Waals surface area contributed by atoms with Gasteiger partial charge >= 0.3 is 0 Å². The van der Waals surface area contributed by atoms with Crippen molar-refractivity contribution in [2.45, 2.75) is 4.90 Å². The summed E-state index contributed by atoms with van der Waals surface area (Å²) in [5, 5.41) is 5.62. The van der Waals surface area contributed by atoms with Crippen molar-refractivity contribution in [3.8, 4) is 10.6 Å². The predicted molar refractivity (Wildman–Crippen MR) is 103 cm³/mol. The minimum absolute atomic E-state index is 0.0675. The third-order valence-electron chi connectivity index (χ3n) is 3.50. The van der Waals surface area contributed by atoms with Crippen LogP contribution in [0, 0.1) is 0 Å². The molecule has 2 aromatic carbocycles. The Labute approximate surface area is 159 Å². The van der Waals surface area contributed by atoms with E-state index in [0.717, 1.165) is 5.56 Å². The van der Waals surface area contributed by atoms with Crippen molar-refractivity contribution in [2.75, 3.05) is 12.4 Å². The number of thiazole rings is 1. The highest BCUT2D eigenvalue weighted by Crippen LogP contribution is 2.25. The first-order chi connectivity index (χ1) is 12.4. The van der Waals surface area contributed by atoms with Crippen LogP contribution >= 0.6 is 22.9 Å². The lowest BCUT2D eigenvalue weighted by atomic mass is 10.2. The van der Waals surface area contributed by atoms with Gasteiger partial charge in [-0.25, -0.2) is 18.1 Å². The second kappa shape index (κ2) is 7.55. The van der Waals surface area contributed by atoms with Crippen LogP contribution in [0.3, 0.4) is 0 Å². The molecule has 3 aromatic rings. The molecule has 0 unspecified atom stereocenters. The smallest absolute Gasteiger partial charge is 0.275 e. The molecule has 3 rings (SSSR count). The Bertz CT molecular complexity index is 1050. The maximum absolute atomic E-state index is 12.4. The van der Waals surface area contributed by atoms with Crippen molar-refractivity contribution in [1.29, 1.82) is 0 Å². The number of anilines is 1. The van der Waals surface area contributed by atoms with E-state index in [9.17, 15) is 13.2 Å². The zero-order chi connectivity index (χ0) is 18.7. The van der Waals surface area contributed by atoms with Crippen LogP contribution in [-0.4, -0.2) is 26.4 Å². The number of benzene rings is 2. The molecule has 2 N–H and O–H groups in total. The number of amides is 1. The minimum Gasteiger partial charge on any atom is -0.321 e. The van der Waals surface area contributed by atoms with Gasteiger partial charge in [-0.3, -0.25) is 4.79 Å². The van der Waals surface area contributed by atoms with E-state index in [1.807, 2.05) is 12.1 Å². The van der Waals surface area contributed by atoms with Crippen LogP contribution in [-0.2, 0) is 10.0 Å². The Hall–Kier alpha value is -2.26. The van der Waals surface area contributed by atoms with Crippen molar-refractivity contribution in [1.82, 2.24) is 9.71 Å². The van der Waals surface area contributed by atoms with Crippen molar-refractivity contribution in [3.05, 3.63) is 64.6 Å². The van der Waals surface area contributed by atoms with Gasteiger partial charge in [-0.1, -0.05) is 29.8 Å². The standard InChI is InChI=1S/C17H14ClN3O3S2/c1-19-26(23,24)14-4-2-3-13(9-14)20-16(22)15-10-25-17(21-15)11-5-7-12(18)8-6-11/h2-10,19H,1H3,(H,20,22). The van der Waals surface area contributed by atoms with Crippen molar-refractivity contribution in [3.63, 3.8) is 0 Å². The third-order valence-corrected chi connectivity index (χ3v) is 6.05. The zero-order valence-corrected chi connectivity index (χ0v) is 16.0. The Morgan fingerprint density at radius 2 is 1.88 bits per heavy atom. The molecule has 0 aliphatic heterocycles. The maximum atomic E-state index is 12.4. The van der Waals surface area contributed by atoms with Crippen LogP contribution in [0.15, 0.2) is 58.8 Å². The molecule has 134 valence electrons. The van der Waals surface area contributed by atoms with Crippen molar-refractivity contribution in [2.24, 2.45) is 0 Å². The van der Waals surface area contributed by atoms with E-state index in [1.165, 1.54) is 30.5 Å². The number of halogens is 1. The lowest BCUT2D eigenvalue weighted by Gasteiger charge is -2.06. The van der Waals surface area contributed by atoms with E-state index in [2.05, 4.69) is 15.0 Å². The van der Waals surface area contributed by atoms with Gasteiger partial charge in [0.1, 0.15) is 10.7 Å². The molecule has 26 heavy (non-hydrogen) atoms. The largest absolute Gasteiger partial charge is 0.321 e. The number of nitrogens with one attached hydrogen (secondary N) is 2.